The fourth-order valence-electron chi connectivity index (χ4n) is 4.18. The third kappa shape index (κ3) is 5.01. The number of piperazine rings is 1. The van der Waals surface area contributed by atoms with Crippen molar-refractivity contribution in [2.24, 2.45) is 0 Å². The van der Waals surface area contributed by atoms with E-state index >= 15 is 0 Å². The Morgan fingerprint density at radius 3 is 2.64 bits per heavy atom. The van der Waals surface area contributed by atoms with Crippen LogP contribution in [0.15, 0.2) is 12.1 Å². The average molecular weight is 488 g/mol. The first kappa shape index (κ1) is 23.6. The molecular formula is C21H24F3N3O5S. The Labute approximate surface area is 192 Å². The molecule has 33 heavy (non-hydrogen) atoms. The fraction of sp³-hybridized carbons (Fsp3) is 0.571. The maximum absolute atomic E-state index is 12.5. The fourth-order valence-corrected chi connectivity index (χ4v) is 5.23. The Hall–Kier alpha value is -2.60. The maximum Gasteiger partial charge on any atom is 0.490 e. The lowest BCUT2D eigenvalue weighted by atomic mass is 10.1. The van der Waals surface area contributed by atoms with Gasteiger partial charge in [-0.05, 0) is 26.0 Å². The second-order valence-electron chi connectivity index (χ2n) is 8.33. The molecule has 4 rings (SSSR count). The van der Waals surface area contributed by atoms with Crippen molar-refractivity contribution in [2.75, 3.05) is 38.2 Å². The summed E-state index contributed by atoms with van der Waals surface area (Å²) in [6.07, 6.45) is -5.57. The van der Waals surface area contributed by atoms with Gasteiger partial charge in [0.05, 0.1) is 23.5 Å². The largest absolute Gasteiger partial charge is 0.490 e. The highest BCUT2D eigenvalue weighted by Gasteiger charge is 2.45. The molecule has 0 bridgehead atoms. The minimum Gasteiger partial charge on any atom is -0.489 e. The van der Waals surface area contributed by atoms with Crippen LogP contribution in [0.4, 0.5) is 18.3 Å². The molecule has 2 aliphatic rings. The summed E-state index contributed by atoms with van der Waals surface area (Å²) < 4.78 is 53.7. The van der Waals surface area contributed by atoms with Crippen molar-refractivity contribution in [3.63, 3.8) is 0 Å². The molecule has 0 N–H and O–H groups in total. The van der Waals surface area contributed by atoms with Gasteiger partial charge in [-0.15, -0.1) is 0 Å². The highest BCUT2D eigenvalue weighted by Crippen LogP contribution is 2.38. The zero-order valence-corrected chi connectivity index (χ0v) is 19.2. The minimum atomic E-state index is -4.99. The number of carbonyl (C=O) groups excluding carboxylic acids is 2. The number of fused-ring (bicyclic) bond motifs is 2. The molecule has 0 unspecified atom stereocenters. The van der Waals surface area contributed by atoms with Crippen molar-refractivity contribution >= 4 is 38.6 Å². The molecule has 12 heteroatoms. The number of alkyl halides is 3. The van der Waals surface area contributed by atoms with Gasteiger partial charge in [-0.25, -0.2) is 14.6 Å². The quantitative estimate of drug-likeness (QED) is 0.595. The topological polar surface area (TPSA) is 81.2 Å². The van der Waals surface area contributed by atoms with Crippen LogP contribution in [0, 0.1) is 0 Å². The molecule has 2 aromatic rings. The van der Waals surface area contributed by atoms with Gasteiger partial charge in [0.2, 0.25) is 0 Å². The summed E-state index contributed by atoms with van der Waals surface area (Å²) in [4.78, 5) is 32.1. The summed E-state index contributed by atoms with van der Waals surface area (Å²) in [5, 5.41) is 0.732. The van der Waals surface area contributed by atoms with Gasteiger partial charge < -0.3 is 19.1 Å². The van der Waals surface area contributed by atoms with Crippen molar-refractivity contribution in [1.29, 1.82) is 0 Å². The molecule has 2 atom stereocenters. The van der Waals surface area contributed by atoms with Crippen LogP contribution in [0.5, 0.6) is 5.75 Å². The van der Waals surface area contributed by atoms with Crippen molar-refractivity contribution in [3.05, 3.63) is 17.7 Å². The van der Waals surface area contributed by atoms with Crippen LogP contribution < -0.4 is 9.64 Å². The molecule has 1 aromatic heterocycles. The predicted octanol–water partition coefficient (Wildman–Crippen LogP) is 3.24. The van der Waals surface area contributed by atoms with Gasteiger partial charge in [-0.2, -0.15) is 13.2 Å². The number of ether oxygens (including phenoxy) is 3. The molecule has 0 spiro atoms. The summed E-state index contributed by atoms with van der Waals surface area (Å²) in [7, 11) is 1.31. The predicted molar refractivity (Wildman–Crippen MR) is 115 cm³/mol. The van der Waals surface area contributed by atoms with E-state index in [0.29, 0.717) is 42.9 Å². The van der Waals surface area contributed by atoms with E-state index in [1.165, 1.54) is 18.4 Å². The summed E-state index contributed by atoms with van der Waals surface area (Å²) in [6.45, 7) is 5.83. The lowest BCUT2D eigenvalue weighted by molar-refractivity contribution is -0.204. The number of benzene rings is 1. The zero-order chi connectivity index (χ0) is 23.9. The van der Waals surface area contributed by atoms with Gasteiger partial charge in [0.25, 0.3) is 0 Å². The van der Waals surface area contributed by atoms with E-state index in [4.69, 9.17) is 14.5 Å². The van der Waals surface area contributed by atoms with E-state index in [2.05, 4.69) is 9.64 Å². The second-order valence-corrected chi connectivity index (χ2v) is 9.34. The molecular weight excluding hydrogens is 463 g/mol. The third-order valence-corrected chi connectivity index (χ3v) is 6.65. The van der Waals surface area contributed by atoms with Crippen LogP contribution in [-0.2, 0) is 14.3 Å². The first-order valence-electron chi connectivity index (χ1n) is 10.5. The number of methoxy groups -OCH3 is 1. The molecule has 2 aliphatic heterocycles. The summed E-state index contributed by atoms with van der Waals surface area (Å²) >= 11 is 1.41. The van der Waals surface area contributed by atoms with E-state index in [0.717, 1.165) is 9.83 Å². The number of carbonyl (C=O) groups is 2. The van der Waals surface area contributed by atoms with Gasteiger partial charge in [-0.1, -0.05) is 11.3 Å². The van der Waals surface area contributed by atoms with Crippen LogP contribution in [0.1, 0.15) is 30.6 Å². The van der Waals surface area contributed by atoms with E-state index in [-0.39, 0.29) is 18.7 Å². The molecule has 2 fully saturated rings. The van der Waals surface area contributed by atoms with E-state index in [9.17, 15) is 22.8 Å². The van der Waals surface area contributed by atoms with Gasteiger partial charge in [0.15, 0.2) is 5.13 Å². The lowest BCUT2D eigenvalue weighted by Crippen LogP contribution is -2.50. The number of hydrogen-bond acceptors (Lipinski definition) is 9. The first-order valence-corrected chi connectivity index (χ1v) is 11.3. The Balaban J connectivity index is 1.53. The summed E-state index contributed by atoms with van der Waals surface area (Å²) in [5.41, 5.74) is 1.01. The molecule has 180 valence electrons. The highest BCUT2D eigenvalue weighted by molar-refractivity contribution is 7.22. The smallest absolute Gasteiger partial charge is 0.489 e. The molecule has 8 nitrogen and oxygen atoms in total. The van der Waals surface area contributed by atoms with Crippen molar-refractivity contribution < 1.29 is 37.0 Å². The van der Waals surface area contributed by atoms with Crippen molar-refractivity contribution in [1.82, 2.24) is 9.88 Å². The first-order chi connectivity index (χ1) is 15.5. The monoisotopic (exact) mass is 487 g/mol. The zero-order valence-electron chi connectivity index (χ0n) is 18.3. The molecule has 0 amide bonds. The van der Waals surface area contributed by atoms with Crippen LogP contribution >= 0.6 is 11.3 Å². The number of aromatic nitrogens is 1. The second kappa shape index (κ2) is 8.98. The standard InChI is InChI=1S/C21H24F3N3O5S/c1-11(2)31-15-6-12(18(28)30-3)7-16-17(15)25-20(33-16)27-5-4-26-10-14(8-13(26)9-27)32-19(29)21(22,23)24/h6-7,11,13-14H,4-5,8-10H2,1-3H3/t13-,14-/m1/s1. The van der Waals surface area contributed by atoms with E-state index in [1.54, 1.807) is 12.1 Å². The van der Waals surface area contributed by atoms with Crippen molar-refractivity contribution in [3.8, 4) is 5.75 Å². The summed E-state index contributed by atoms with van der Waals surface area (Å²) in [5.74, 6) is -2.13. The van der Waals surface area contributed by atoms with E-state index in [1.807, 2.05) is 18.7 Å². The Kier molecular flexibility index (Phi) is 6.41. The van der Waals surface area contributed by atoms with Crippen LogP contribution in [0.2, 0.25) is 0 Å². The Morgan fingerprint density at radius 1 is 1.21 bits per heavy atom. The van der Waals surface area contributed by atoms with Crippen LogP contribution in [0.3, 0.4) is 0 Å². The number of rotatable bonds is 5. The SMILES string of the molecule is COC(=O)c1cc(OC(C)C)c2nc(N3CCN4C[C@H](OC(=O)C(F)(F)F)C[C@@H]4C3)sc2c1. The number of esters is 2. The molecule has 0 saturated carbocycles. The number of anilines is 1. The van der Waals surface area contributed by atoms with Crippen LogP contribution in [-0.4, -0.2) is 79.5 Å². The van der Waals surface area contributed by atoms with Gasteiger partial charge in [-0.3, -0.25) is 4.90 Å². The average Bonchev–Trinajstić information content (AvgIpc) is 3.34. The molecule has 2 saturated heterocycles. The summed E-state index contributed by atoms with van der Waals surface area (Å²) in [6, 6.07) is 3.29. The van der Waals surface area contributed by atoms with E-state index < -0.39 is 24.2 Å². The molecule has 3 heterocycles. The minimum absolute atomic E-state index is 0.0474. The molecule has 0 radical (unpaired) electrons. The number of hydrogen-bond donors (Lipinski definition) is 0. The maximum atomic E-state index is 12.5. The number of halogens is 3. The molecule has 0 aliphatic carbocycles. The van der Waals surface area contributed by atoms with Gasteiger partial charge in [0.1, 0.15) is 17.4 Å². The lowest BCUT2D eigenvalue weighted by Gasteiger charge is -2.36. The number of thiazole rings is 1. The van der Waals surface area contributed by atoms with Gasteiger partial charge in [0, 0.05) is 38.6 Å². The highest BCUT2D eigenvalue weighted by atomic mass is 32.1. The molecule has 1 aromatic carbocycles. The Morgan fingerprint density at radius 2 is 1.97 bits per heavy atom. The van der Waals surface area contributed by atoms with Crippen molar-refractivity contribution in [2.45, 2.75) is 44.7 Å². The number of nitrogens with zero attached hydrogens (tertiary/aromatic N) is 3. The van der Waals surface area contributed by atoms with Gasteiger partial charge >= 0.3 is 18.1 Å². The Bertz CT molecular complexity index is 1060. The third-order valence-electron chi connectivity index (χ3n) is 5.59. The van der Waals surface area contributed by atoms with Crippen LogP contribution in [0.25, 0.3) is 10.2 Å². The normalized spacial score (nSPS) is 21.4.